The molecular weight excluding hydrogens is 414 g/mol. The Morgan fingerprint density at radius 1 is 0.806 bits per heavy atom. The van der Waals surface area contributed by atoms with Crippen LogP contribution in [0.1, 0.15) is 40.5 Å². The first-order valence-corrected chi connectivity index (χ1v) is 9.72. The van der Waals surface area contributed by atoms with E-state index in [9.17, 15) is 34.2 Å². The van der Waals surface area contributed by atoms with Crippen LogP contribution in [0.15, 0.2) is 0 Å². The lowest BCUT2D eigenvalue weighted by molar-refractivity contribution is -0.145. The maximum atomic E-state index is 12.7. The quantitative estimate of drug-likeness (QED) is 0.140. The number of carboxylic acids is 1. The van der Waals surface area contributed by atoms with Gasteiger partial charge in [-0.05, 0) is 26.2 Å². The van der Waals surface area contributed by atoms with Gasteiger partial charge in [0.05, 0.1) is 12.2 Å². The minimum Gasteiger partial charge on any atom is -0.480 e. The Balaban J connectivity index is 5.51. The molecule has 0 aromatic carbocycles. The van der Waals surface area contributed by atoms with Crippen molar-refractivity contribution in [1.82, 2.24) is 16.0 Å². The number of hydrogen-bond donors (Lipinski definition) is 8. The molecule has 0 fully saturated rings. The van der Waals surface area contributed by atoms with Gasteiger partial charge in [0.1, 0.15) is 18.1 Å². The predicted molar refractivity (Wildman–Crippen MR) is 108 cm³/mol. The number of carbonyl (C=O) groups excluding carboxylic acids is 4. The summed E-state index contributed by atoms with van der Waals surface area (Å²) in [5.74, 6) is -5.25. The van der Waals surface area contributed by atoms with Gasteiger partial charge in [-0.15, -0.1) is 0 Å². The Morgan fingerprint density at radius 3 is 1.71 bits per heavy atom. The molecular formula is C18H33N5O8. The van der Waals surface area contributed by atoms with Crippen LogP contribution in [0.5, 0.6) is 0 Å². The zero-order valence-electron chi connectivity index (χ0n) is 18.0. The van der Waals surface area contributed by atoms with Gasteiger partial charge in [-0.3, -0.25) is 19.2 Å². The second kappa shape index (κ2) is 12.8. The van der Waals surface area contributed by atoms with Crippen molar-refractivity contribution in [2.24, 2.45) is 17.4 Å². The Bertz CT molecular complexity index is 667. The fourth-order valence-electron chi connectivity index (χ4n) is 2.46. The molecule has 6 atom stereocenters. The third-order valence-corrected chi connectivity index (χ3v) is 4.43. The number of nitrogens with one attached hydrogen (secondary N) is 3. The normalized spacial score (nSPS) is 16.9. The summed E-state index contributed by atoms with van der Waals surface area (Å²) in [5, 5.41) is 34.9. The van der Waals surface area contributed by atoms with E-state index in [2.05, 4.69) is 16.0 Å². The van der Waals surface area contributed by atoms with E-state index in [0.29, 0.717) is 0 Å². The van der Waals surface area contributed by atoms with E-state index in [0.717, 1.165) is 6.92 Å². The van der Waals surface area contributed by atoms with E-state index in [1.807, 2.05) is 0 Å². The highest BCUT2D eigenvalue weighted by molar-refractivity contribution is 5.94. The van der Waals surface area contributed by atoms with Crippen molar-refractivity contribution in [3.63, 3.8) is 0 Å². The second-order valence-corrected chi connectivity index (χ2v) is 7.63. The number of amides is 4. The molecule has 0 bridgehead atoms. The monoisotopic (exact) mass is 447 g/mol. The van der Waals surface area contributed by atoms with Gasteiger partial charge in [0, 0.05) is 6.42 Å². The molecule has 0 saturated heterocycles. The van der Waals surface area contributed by atoms with Gasteiger partial charge >= 0.3 is 5.97 Å². The van der Waals surface area contributed by atoms with Gasteiger partial charge in [0.2, 0.25) is 23.6 Å². The number of aliphatic hydroxyl groups is 2. The molecule has 0 heterocycles. The van der Waals surface area contributed by atoms with Crippen LogP contribution in [0.25, 0.3) is 0 Å². The molecule has 0 aromatic rings. The average molecular weight is 447 g/mol. The lowest BCUT2D eigenvalue weighted by atomic mass is 10.0. The number of hydrogen-bond acceptors (Lipinski definition) is 8. The van der Waals surface area contributed by atoms with Gasteiger partial charge in [0.25, 0.3) is 0 Å². The van der Waals surface area contributed by atoms with Crippen LogP contribution >= 0.6 is 0 Å². The fraction of sp³-hybridized carbons (Fsp3) is 0.722. The lowest BCUT2D eigenvalue weighted by Crippen LogP contribution is -2.60. The highest BCUT2D eigenvalue weighted by Gasteiger charge is 2.33. The largest absolute Gasteiger partial charge is 0.480 e. The Labute approximate surface area is 179 Å². The van der Waals surface area contributed by atoms with Crippen LogP contribution in [0.3, 0.4) is 0 Å². The van der Waals surface area contributed by atoms with E-state index in [4.69, 9.17) is 16.6 Å². The highest BCUT2D eigenvalue weighted by atomic mass is 16.4. The zero-order chi connectivity index (χ0) is 24.5. The van der Waals surface area contributed by atoms with Crippen LogP contribution < -0.4 is 27.4 Å². The first kappa shape index (κ1) is 28.2. The highest BCUT2D eigenvalue weighted by Crippen LogP contribution is 2.07. The third kappa shape index (κ3) is 9.72. The third-order valence-electron chi connectivity index (χ3n) is 4.43. The van der Waals surface area contributed by atoms with Gasteiger partial charge < -0.3 is 42.7 Å². The summed E-state index contributed by atoms with van der Waals surface area (Å²) in [6, 6.07) is -5.45. The van der Waals surface area contributed by atoms with Gasteiger partial charge in [-0.2, -0.15) is 0 Å². The van der Waals surface area contributed by atoms with Crippen molar-refractivity contribution in [3.05, 3.63) is 0 Å². The molecule has 0 saturated carbocycles. The van der Waals surface area contributed by atoms with E-state index < -0.39 is 71.9 Å². The smallest absolute Gasteiger partial charge is 0.328 e. The first-order valence-electron chi connectivity index (χ1n) is 9.72. The SMILES string of the molecule is CC(C)C(NC(=O)C(N)C(C)O)C(=O)NC(CCC(N)=O)C(=O)NC(C(=O)O)C(C)O. The molecule has 0 radical (unpaired) electrons. The Kier molecular flexibility index (Phi) is 11.7. The maximum Gasteiger partial charge on any atom is 0.328 e. The topological polar surface area (TPSA) is 234 Å². The summed E-state index contributed by atoms with van der Waals surface area (Å²) < 4.78 is 0. The summed E-state index contributed by atoms with van der Waals surface area (Å²) >= 11 is 0. The number of aliphatic hydroxyl groups excluding tert-OH is 2. The minimum absolute atomic E-state index is 0.245. The fourth-order valence-corrected chi connectivity index (χ4v) is 2.46. The minimum atomic E-state index is -1.65. The zero-order valence-corrected chi connectivity index (χ0v) is 18.0. The summed E-state index contributed by atoms with van der Waals surface area (Å²) in [4.78, 5) is 59.7. The molecule has 6 unspecified atom stereocenters. The lowest BCUT2D eigenvalue weighted by Gasteiger charge is -2.27. The van der Waals surface area contributed by atoms with Crippen molar-refractivity contribution in [2.45, 2.75) is 76.9 Å². The summed E-state index contributed by atoms with van der Waals surface area (Å²) in [5.41, 5.74) is 10.7. The van der Waals surface area contributed by atoms with E-state index in [1.54, 1.807) is 13.8 Å². The summed E-state index contributed by atoms with van der Waals surface area (Å²) in [6.07, 6.45) is -3.14. The van der Waals surface area contributed by atoms with Gasteiger partial charge in [-0.1, -0.05) is 13.8 Å². The number of carbonyl (C=O) groups is 5. The predicted octanol–water partition coefficient (Wildman–Crippen LogP) is -3.46. The first-order chi connectivity index (χ1) is 14.2. The van der Waals surface area contributed by atoms with E-state index >= 15 is 0 Å². The number of carboxylic acid groups (broad SMARTS) is 1. The van der Waals surface area contributed by atoms with E-state index in [-0.39, 0.29) is 12.8 Å². The van der Waals surface area contributed by atoms with Crippen LogP contribution in [-0.2, 0) is 24.0 Å². The van der Waals surface area contributed by atoms with Crippen molar-refractivity contribution in [3.8, 4) is 0 Å². The summed E-state index contributed by atoms with van der Waals surface area (Å²) in [7, 11) is 0. The van der Waals surface area contributed by atoms with E-state index in [1.165, 1.54) is 6.92 Å². The van der Waals surface area contributed by atoms with Crippen molar-refractivity contribution >= 4 is 29.6 Å². The van der Waals surface area contributed by atoms with Crippen molar-refractivity contribution in [2.75, 3.05) is 0 Å². The number of rotatable bonds is 13. The molecule has 178 valence electrons. The molecule has 10 N–H and O–H groups in total. The standard InChI is InChI=1S/C18H33N5O8/c1-7(2)13(22-16(28)12(20)8(3)24)17(29)21-10(5-6-11(19)26)15(27)23-14(9(4)25)18(30)31/h7-10,12-14,24-25H,5-6,20H2,1-4H3,(H2,19,26)(H,21,29)(H,22,28)(H,23,27)(H,30,31). The van der Waals surface area contributed by atoms with Crippen molar-refractivity contribution < 1.29 is 39.3 Å². The second-order valence-electron chi connectivity index (χ2n) is 7.63. The molecule has 31 heavy (non-hydrogen) atoms. The number of primary amides is 1. The molecule has 0 aromatic heterocycles. The van der Waals surface area contributed by atoms with Gasteiger partial charge in [-0.25, -0.2) is 4.79 Å². The summed E-state index contributed by atoms with van der Waals surface area (Å²) in [6.45, 7) is 5.70. The van der Waals surface area contributed by atoms with Gasteiger partial charge in [0.15, 0.2) is 6.04 Å². The molecule has 0 spiro atoms. The average Bonchev–Trinajstić information content (AvgIpc) is 2.64. The van der Waals surface area contributed by atoms with Crippen LogP contribution in [-0.4, -0.2) is 81.3 Å². The molecule has 0 aliphatic rings. The van der Waals surface area contributed by atoms with Crippen LogP contribution in [0.2, 0.25) is 0 Å². The molecule has 13 nitrogen and oxygen atoms in total. The Morgan fingerprint density at radius 2 is 1.32 bits per heavy atom. The molecule has 0 aliphatic carbocycles. The molecule has 4 amide bonds. The maximum absolute atomic E-state index is 12.7. The Hall–Kier alpha value is -2.77. The molecule has 13 heteroatoms. The molecule has 0 aliphatic heterocycles. The van der Waals surface area contributed by atoms with Crippen LogP contribution in [0, 0.1) is 5.92 Å². The number of aliphatic carboxylic acids is 1. The van der Waals surface area contributed by atoms with Crippen LogP contribution in [0.4, 0.5) is 0 Å². The van der Waals surface area contributed by atoms with Crippen molar-refractivity contribution in [1.29, 1.82) is 0 Å². The molecule has 0 rings (SSSR count). The number of nitrogens with two attached hydrogens (primary N) is 2.